The number of ether oxygens (including phenoxy) is 2. The first kappa shape index (κ1) is 31.7. The molecule has 10 heteroatoms. The van der Waals surface area contributed by atoms with Gasteiger partial charge in [0.25, 0.3) is 5.91 Å². The van der Waals surface area contributed by atoms with Gasteiger partial charge >= 0.3 is 5.97 Å². The number of hydrogen-bond acceptors (Lipinski definition) is 6. The number of carbonyl (C=O) groups excluding carboxylic acids is 1. The number of aliphatic carboxylic acids is 1. The number of anilines is 1. The second-order valence-corrected chi connectivity index (χ2v) is 13.4. The highest BCUT2D eigenvalue weighted by Gasteiger charge is 2.35. The average molecular weight is 629 g/mol. The fourth-order valence-electron chi connectivity index (χ4n) is 6.78. The average Bonchev–Trinajstić information content (AvgIpc) is 3.45. The van der Waals surface area contributed by atoms with Crippen LogP contribution >= 0.6 is 0 Å². The molecule has 1 atom stereocenters. The van der Waals surface area contributed by atoms with E-state index in [1.54, 1.807) is 33.8 Å². The maximum atomic E-state index is 15.6. The molecule has 1 fully saturated rings. The number of halogens is 1. The van der Waals surface area contributed by atoms with Gasteiger partial charge in [0.1, 0.15) is 0 Å². The zero-order valence-electron chi connectivity index (χ0n) is 27.1. The molecular weight excluding hydrogens is 587 g/mol. The smallest absolute Gasteiger partial charge is 0.337 e. The van der Waals surface area contributed by atoms with Crippen molar-refractivity contribution in [3.63, 3.8) is 0 Å². The van der Waals surface area contributed by atoms with Crippen molar-refractivity contribution < 1.29 is 28.6 Å². The third-order valence-corrected chi connectivity index (χ3v) is 8.96. The number of nitrogens with zero attached hydrogens (tertiary/aromatic N) is 3. The number of fused-ring (bicyclic) bond motifs is 2. The topological polar surface area (TPSA) is 115 Å². The van der Waals surface area contributed by atoms with Crippen LogP contribution in [0.3, 0.4) is 0 Å². The highest BCUT2D eigenvalue weighted by molar-refractivity contribution is 6.03. The number of carboxylic acid groups (broad SMARTS) is 1. The van der Waals surface area contributed by atoms with Gasteiger partial charge in [-0.05, 0) is 95.5 Å². The zero-order valence-corrected chi connectivity index (χ0v) is 27.1. The number of aryl methyl sites for hydroxylation is 1. The van der Waals surface area contributed by atoms with Crippen molar-refractivity contribution in [3.05, 3.63) is 75.9 Å². The van der Waals surface area contributed by atoms with Crippen LogP contribution in [0.4, 0.5) is 10.1 Å². The van der Waals surface area contributed by atoms with Crippen molar-refractivity contribution in [1.82, 2.24) is 14.6 Å². The van der Waals surface area contributed by atoms with E-state index < -0.39 is 29.4 Å². The van der Waals surface area contributed by atoms with Crippen LogP contribution in [-0.2, 0) is 16.0 Å². The first-order valence-electron chi connectivity index (χ1n) is 16.1. The molecule has 1 saturated carbocycles. The number of nitrogens with one attached hydrogen (secondary N) is 1. The summed E-state index contributed by atoms with van der Waals surface area (Å²) in [6.45, 7) is 9.28. The van der Waals surface area contributed by atoms with Crippen LogP contribution in [0, 0.1) is 19.7 Å². The molecule has 1 aliphatic heterocycles. The second-order valence-electron chi connectivity index (χ2n) is 13.4. The van der Waals surface area contributed by atoms with Gasteiger partial charge in [0.2, 0.25) is 0 Å². The van der Waals surface area contributed by atoms with Crippen LogP contribution in [0.15, 0.2) is 36.4 Å². The summed E-state index contributed by atoms with van der Waals surface area (Å²) in [5.41, 5.74) is 4.32. The third-order valence-electron chi connectivity index (χ3n) is 8.96. The Hall–Kier alpha value is -4.31. The molecule has 1 amide bonds. The van der Waals surface area contributed by atoms with E-state index >= 15 is 4.39 Å². The lowest BCUT2D eigenvalue weighted by Gasteiger charge is -2.28. The van der Waals surface area contributed by atoms with E-state index in [0.29, 0.717) is 47.2 Å². The van der Waals surface area contributed by atoms with E-state index in [1.807, 2.05) is 19.1 Å². The summed E-state index contributed by atoms with van der Waals surface area (Å²) in [4.78, 5) is 30.9. The lowest BCUT2D eigenvalue weighted by molar-refractivity contribution is -0.160. The lowest BCUT2D eigenvalue weighted by Crippen LogP contribution is -2.29. The van der Waals surface area contributed by atoms with Crippen molar-refractivity contribution in [3.8, 4) is 17.0 Å². The largest absolute Gasteiger partial charge is 0.490 e. The molecule has 0 radical (unpaired) electrons. The highest BCUT2D eigenvalue weighted by atomic mass is 19.1. The number of carbonyl (C=O) groups is 2. The van der Waals surface area contributed by atoms with Gasteiger partial charge in [-0.1, -0.05) is 31.4 Å². The van der Waals surface area contributed by atoms with Crippen molar-refractivity contribution in [2.75, 3.05) is 11.9 Å². The first-order chi connectivity index (χ1) is 21.9. The summed E-state index contributed by atoms with van der Waals surface area (Å²) >= 11 is 0. The van der Waals surface area contributed by atoms with Gasteiger partial charge in [0, 0.05) is 34.1 Å². The molecule has 2 N–H and O–H groups in total. The van der Waals surface area contributed by atoms with Gasteiger partial charge in [0.15, 0.2) is 29.0 Å². The normalized spacial score (nSPS) is 16.1. The van der Waals surface area contributed by atoms with E-state index in [4.69, 9.17) is 9.47 Å². The van der Waals surface area contributed by atoms with Crippen molar-refractivity contribution in [2.24, 2.45) is 0 Å². The van der Waals surface area contributed by atoms with Crippen LogP contribution in [0.1, 0.15) is 110 Å². The molecule has 3 heterocycles. The van der Waals surface area contributed by atoms with E-state index in [1.165, 1.54) is 48.2 Å². The molecule has 242 valence electrons. The van der Waals surface area contributed by atoms with Gasteiger partial charge in [-0.25, -0.2) is 18.7 Å². The molecule has 2 aromatic heterocycles. The molecule has 9 nitrogen and oxygen atoms in total. The minimum atomic E-state index is -1.44. The van der Waals surface area contributed by atoms with Crippen LogP contribution in [0.5, 0.6) is 5.75 Å². The molecule has 0 spiro atoms. The lowest BCUT2D eigenvalue weighted by atomic mass is 9.84. The molecule has 1 unspecified atom stereocenters. The predicted octanol–water partition coefficient (Wildman–Crippen LogP) is 7.72. The molecule has 4 aromatic rings. The Kier molecular flexibility index (Phi) is 8.58. The predicted molar refractivity (Wildman–Crippen MR) is 173 cm³/mol. The second kappa shape index (κ2) is 12.5. The maximum Gasteiger partial charge on any atom is 0.337 e. The van der Waals surface area contributed by atoms with Crippen LogP contribution in [-0.4, -0.2) is 43.8 Å². The molecule has 0 bridgehead atoms. The summed E-state index contributed by atoms with van der Waals surface area (Å²) < 4.78 is 28.8. The number of aromatic nitrogens is 3. The Bertz CT molecular complexity index is 1800. The van der Waals surface area contributed by atoms with Gasteiger partial charge in [-0.3, -0.25) is 4.79 Å². The number of benzene rings is 2. The van der Waals surface area contributed by atoms with Crippen molar-refractivity contribution in [2.45, 2.75) is 97.2 Å². The van der Waals surface area contributed by atoms with Crippen molar-refractivity contribution >= 4 is 23.2 Å². The van der Waals surface area contributed by atoms with E-state index in [-0.39, 0.29) is 17.0 Å². The van der Waals surface area contributed by atoms with Gasteiger partial charge in [0.05, 0.1) is 17.9 Å². The van der Waals surface area contributed by atoms with E-state index in [9.17, 15) is 14.7 Å². The van der Waals surface area contributed by atoms with Gasteiger partial charge in [-0.2, -0.15) is 5.10 Å². The van der Waals surface area contributed by atoms with E-state index in [0.717, 1.165) is 17.5 Å². The molecule has 6 rings (SSSR count). The SMILES string of the molecule is Cc1nc2cc(C(=O)Nc3ccc(C4CCCCC4)cc3)nn2c(-c2cc(F)c3c(c2C)CCCO3)c1C(OC(C)(C)C)C(=O)O. The standard InChI is InChI=1S/C36H41FN4O5/c1-20-25-12-9-17-45-32(25)27(37)18-26(20)31-30(33(35(43)44)46-36(3,4)5)21(2)38-29-19-28(40-41(29)31)34(42)39-24-15-13-23(14-16-24)22-10-7-6-8-11-22/h13-16,18-19,22,33H,6-12,17H2,1-5H3,(H,39,42)(H,43,44). The minimum absolute atomic E-state index is 0.0877. The zero-order chi connectivity index (χ0) is 32.7. The first-order valence-corrected chi connectivity index (χ1v) is 16.1. The molecular formula is C36H41FN4O5. The molecule has 1 aliphatic carbocycles. The Morgan fingerprint density at radius 2 is 1.80 bits per heavy atom. The minimum Gasteiger partial charge on any atom is -0.490 e. The number of carboxylic acids is 1. The quantitative estimate of drug-likeness (QED) is 0.215. The summed E-state index contributed by atoms with van der Waals surface area (Å²) in [6.07, 6.45) is 6.06. The highest BCUT2D eigenvalue weighted by Crippen LogP contribution is 2.42. The summed E-state index contributed by atoms with van der Waals surface area (Å²) in [5.74, 6) is -1.44. The summed E-state index contributed by atoms with van der Waals surface area (Å²) in [7, 11) is 0. The van der Waals surface area contributed by atoms with Gasteiger partial charge < -0.3 is 19.9 Å². The fraction of sp³-hybridized carbons (Fsp3) is 0.444. The van der Waals surface area contributed by atoms with Crippen LogP contribution in [0.25, 0.3) is 16.9 Å². The van der Waals surface area contributed by atoms with Crippen molar-refractivity contribution in [1.29, 1.82) is 0 Å². The van der Waals surface area contributed by atoms with Crippen LogP contribution in [0.2, 0.25) is 0 Å². The molecule has 2 aromatic carbocycles. The Labute approximate surface area is 268 Å². The summed E-state index contributed by atoms with van der Waals surface area (Å²) in [5, 5.41) is 18.0. The third kappa shape index (κ3) is 6.23. The summed E-state index contributed by atoms with van der Waals surface area (Å²) in [6, 6.07) is 10.9. The van der Waals surface area contributed by atoms with E-state index in [2.05, 4.69) is 27.5 Å². The molecule has 2 aliphatic rings. The Balaban J connectivity index is 1.46. The Morgan fingerprint density at radius 3 is 2.48 bits per heavy atom. The van der Waals surface area contributed by atoms with Gasteiger partial charge in [-0.15, -0.1) is 0 Å². The maximum absolute atomic E-state index is 15.6. The number of amides is 1. The molecule has 46 heavy (non-hydrogen) atoms. The monoisotopic (exact) mass is 628 g/mol. The van der Waals surface area contributed by atoms with Crippen LogP contribution < -0.4 is 10.1 Å². The number of hydrogen-bond donors (Lipinski definition) is 2. The number of rotatable bonds is 7. The Morgan fingerprint density at radius 1 is 1.09 bits per heavy atom. The fourth-order valence-corrected chi connectivity index (χ4v) is 6.78. The molecule has 0 saturated heterocycles.